The number of ether oxygens (including phenoxy) is 5. The van der Waals surface area contributed by atoms with Crippen LogP contribution >= 0.6 is 0 Å². The molecule has 0 aliphatic rings. The average Bonchev–Trinajstić information content (AvgIpc) is 2.90. The zero-order valence-corrected chi connectivity index (χ0v) is 20.9. The molecular formula is C28H30O8. The van der Waals surface area contributed by atoms with Crippen LogP contribution in [0, 0.1) is 0 Å². The van der Waals surface area contributed by atoms with Crippen molar-refractivity contribution in [1.82, 2.24) is 0 Å². The van der Waals surface area contributed by atoms with E-state index in [1.54, 1.807) is 55.5 Å². The number of aliphatic hydroxyl groups is 1. The number of hydrogen-bond acceptors (Lipinski definition) is 8. The molecule has 8 nitrogen and oxygen atoms in total. The summed E-state index contributed by atoms with van der Waals surface area (Å²) in [5.41, 5.74) is 1.27. The Hall–Kier alpha value is -4.46. The number of methoxy groups -OCH3 is 4. The summed E-state index contributed by atoms with van der Waals surface area (Å²) in [6, 6.07) is 10.4. The van der Waals surface area contributed by atoms with Crippen molar-refractivity contribution in [2.75, 3.05) is 35.0 Å². The lowest BCUT2D eigenvalue weighted by Gasteiger charge is -2.08. The van der Waals surface area contributed by atoms with Gasteiger partial charge in [0.25, 0.3) is 0 Å². The van der Waals surface area contributed by atoms with Gasteiger partial charge in [-0.3, -0.25) is 4.79 Å². The number of ketones is 1. The summed E-state index contributed by atoms with van der Waals surface area (Å²) in [4.78, 5) is 24.8. The second kappa shape index (κ2) is 14.1. The van der Waals surface area contributed by atoms with E-state index in [0.717, 1.165) is 6.08 Å². The van der Waals surface area contributed by atoms with E-state index < -0.39 is 11.8 Å². The molecule has 0 aliphatic heterocycles. The highest BCUT2D eigenvalue weighted by Crippen LogP contribution is 2.29. The maximum Gasteiger partial charge on any atom is 0.330 e. The summed E-state index contributed by atoms with van der Waals surface area (Å²) >= 11 is 0. The van der Waals surface area contributed by atoms with Gasteiger partial charge in [-0.15, -0.1) is 0 Å². The van der Waals surface area contributed by atoms with E-state index in [1.165, 1.54) is 46.7 Å². The van der Waals surface area contributed by atoms with Crippen LogP contribution in [0.25, 0.3) is 12.2 Å². The van der Waals surface area contributed by atoms with Crippen molar-refractivity contribution in [3.05, 3.63) is 83.2 Å². The lowest BCUT2D eigenvalue weighted by Crippen LogP contribution is -2.03. The number of rotatable bonds is 12. The first kappa shape index (κ1) is 27.8. The smallest absolute Gasteiger partial charge is 0.330 e. The van der Waals surface area contributed by atoms with Crippen LogP contribution in [0.3, 0.4) is 0 Å². The monoisotopic (exact) mass is 494 g/mol. The molecule has 0 radical (unpaired) electrons. The lowest BCUT2D eigenvalue weighted by molar-refractivity contribution is -0.137. The Labute approximate surface area is 210 Å². The molecule has 0 aromatic heterocycles. The lowest BCUT2D eigenvalue weighted by atomic mass is 10.1. The van der Waals surface area contributed by atoms with Crippen molar-refractivity contribution in [3.63, 3.8) is 0 Å². The van der Waals surface area contributed by atoms with Gasteiger partial charge in [-0.05, 0) is 60.5 Å². The van der Waals surface area contributed by atoms with Crippen LogP contribution in [-0.2, 0) is 14.3 Å². The predicted molar refractivity (Wildman–Crippen MR) is 138 cm³/mol. The van der Waals surface area contributed by atoms with Gasteiger partial charge >= 0.3 is 5.97 Å². The third kappa shape index (κ3) is 7.80. The normalized spacial score (nSPS) is 12.0. The van der Waals surface area contributed by atoms with Gasteiger partial charge in [-0.25, -0.2) is 4.79 Å². The third-order valence-corrected chi connectivity index (χ3v) is 4.89. The van der Waals surface area contributed by atoms with Crippen LogP contribution in [-0.4, -0.2) is 51.9 Å². The Kier molecular flexibility index (Phi) is 10.8. The molecule has 0 atom stereocenters. The predicted octanol–water partition coefficient (Wildman–Crippen LogP) is 4.95. The summed E-state index contributed by atoms with van der Waals surface area (Å²) in [7, 11) is 6.10. The molecule has 0 unspecified atom stereocenters. The van der Waals surface area contributed by atoms with E-state index in [1.807, 2.05) is 0 Å². The van der Waals surface area contributed by atoms with Crippen molar-refractivity contribution in [2.45, 2.75) is 6.92 Å². The van der Waals surface area contributed by atoms with Gasteiger partial charge in [0.2, 0.25) is 0 Å². The first-order valence-corrected chi connectivity index (χ1v) is 11.0. The second-order valence-corrected chi connectivity index (χ2v) is 7.14. The SMILES string of the molecule is CCOC(=O)/C=C/C(C(=O)/C=C/c1ccc(OC)c(OC)c1)=C(O)/C=C/c1ccc(OC)c(OC)c1. The molecule has 1 N–H and O–H groups in total. The fourth-order valence-electron chi connectivity index (χ4n) is 3.08. The standard InChI is InChI=1S/C28H30O8/c1-6-36-28(31)16-11-21(22(29)12-7-19-9-14-24(32-2)26(17-19)34-4)23(30)13-8-20-10-15-25(33-3)27(18-20)35-5/h7-18,29H,6H2,1-5H3/b12-7+,13-8+,16-11+,22-21+. The average molecular weight is 495 g/mol. The Morgan fingerprint density at radius 2 is 1.22 bits per heavy atom. The first-order valence-electron chi connectivity index (χ1n) is 11.0. The van der Waals surface area contributed by atoms with E-state index in [9.17, 15) is 14.7 Å². The number of hydrogen-bond donors (Lipinski definition) is 1. The molecule has 0 saturated heterocycles. The minimum absolute atomic E-state index is 0.100. The molecule has 0 fully saturated rings. The third-order valence-electron chi connectivity index (χ3n) is 4.89. The molecule has 0 saturated carbocycles. The van der Waals surface area contributed by atoms with Crippen molar-refractivity contribution in [3.8, 4) is 23.0 Å². The summed E-state index contributed by atoms with van der Waals surface area (Å²) in [6.45, 7) is 1.85. The molecule has 0 spiro atoms. The molecule has 0 amide bonds. The summed E-state index contributed by atoms with van der Waals surface area (Å²) in [5.74, 6) is 0.625. The van der Waals surface area contributed by atoms with Crippen LogP contribution in [0.1, 0.15) is 18.1 Å². The van der Waals surface area contributed by atoms with Crippen LogP contribution in [0.15, 0.2) is 72.0 Å². The largest absolute Gasteiger partial charge is 0.507 e. The second-order valence-electron chi connectivity index (χ2n) is 7.14. The van der Waals surface area contributed by atoms with Gasteiger partial charge in [-0.1, -0.05) is 24.3 Å². The van der Waals surface area contributed by atoms with Gasteiger partial charge in [0.05, 0.1) is 40.6 Å². The summed E-state index contributed by atoms with van der Waals surface area (Å²) < 4.78 is 25.9. The molecule has 2 aromatic rings. The van der Waals surface area contributed by atoms with E-state index >= 15 is 0 Å². The fraction of sp³-hybridized carbons (Fsp3) is 0.214. The number of esters is 1. The molecule has 36 heavy (non-hydrogen) atoms. The highest BCUT2D eigenvalue weighted by molar-refractivity contribution is 6.09. The van der Waals surface area contributed by atoms with Crippen molar-refractivity contribution >= 4 is 23.9 Å². The van der Waals surface area contributed by atoms with Crippen molar-refractivity contribution in [1.29, 1.82) is 0 Å². The maximum absolute atomic E-state index is 13.0. The zero-order chi connectivity index (χ0) is 26.5. The maximum atomic E-state index is 13.0. The Morgan fingerprint density at radius 3 is 1.69 bits per heavy atom. The topological polar surface area (TPSA) is 101 Å². The van der Waals surface area contributed by atoms with E-state index in [0.29, 0.717) is 34.1 Å². The van der Waals surface area contributed by atoms with E-state index in [-0.39, 0.29) is 17.9 Å². The van der Waals surface area contributed by atoms with Crippen LogP contribution in [0.4, 0.5) is 0 Å². The Balaban J connectivity index is 2.39. The number of carbonyl (C=O) groups is 2. The van der Waals surface area contributed by atoms with Gasteiger partial charge in [0, 0.05) is 6.08 Å². The van der Waals surface area contributed by atoms with E-state index in [2.05, 4.69) is 0 Å². The van der Waals surface area contributed by atoms with Crippen molar-refractivity contribution < 1.29 is 38.4 Å². The van der Waals surface area contributed by atoms with Crippen molar-refractivity contribution in [2.24, 2.45) is 0 Å². The summed E-state index contributed by atoms with van der Waals surface area (Å²) in [5, 5.41) is 10.7. The minimum Gasteiger partial charge on any atom is -0.507 e. The quantitative estimate of drug-likeness (QED) is 0.192. The van der Waals surface area contributed by atoms with Crippen LogP contribution < -0.4 is 18.9 Å². The molecule has 2 rings (SSSR count). The molecule has 0 aliphatic carbocycles. The molecule has 8 heteroatoms. The Morgan fingerprint density at radius 1 is 0.722 bits per heavy atom. The van der Waals surface area contributed by atoms with Gasteiger partial charge in [0.1, 0.15) is 5.76 Å². The number of aliphatic hydroxyl groups excluding tert-OH is 1. The summed E-state index contributed by atoms with van der Waals surface area (Å²) in [6.07, 6.45) is 8.10. The minimum atomic E-state index is -0.636. The zero-order valence-electron chi connectivity index (χ0n) is 20.9. The first-order chi connectivity index (χ1) is 17.4. The number of benzene rings is 2. The van der Waals surface area contributed by atoms with Gasteiger partial charge in [-0.2, -0.15) is 0 Å². The van der Waals surface area contributed by atoms with Gasteiger partial charge < -0.3 is 28.8 Å². The molecule has 0 bridgehead atoms. The van der Waals surface area contributed by atoms with Crippen LogP contribution in [0.2, 0.25) is 0 Å². The Bertz CT molecular complexity index is 1190. The van der Waals surface area contributed by atoms with Gasteiger partial charge in [0.15, 0.2) is 28.8 Å². The highest BCUT2D eigenvalue weighted by Gasteiger charge is 2.11. The number of carbonyl (C=O) groups excluding carboxylic acids is 2. The highest BCUT2D eigenvalue weighted by atomic mass is 16.5. The molecule has 0 heterocycles. The molecular weight excluding hydrogens is 464 g/mol. The molecule has 2 aromatic carbocycles. The molecule has 190 valence electrons. The fourth-order valence-corrected chi connectivity index (χ4v) is 3.08. The van der Waals surface area contributed by atoms with E-state index in [4.69, 9.17) is 23.7 Å². The number of allylic oxidation sites excluding steroid dienone is 4. The van der Waals surface area contributed by atoms with Crippen LogP contribution in [0.5, 0.6) is 23.0 Å².